The lowest BCUT2D eigenvalue weighted by Gasteiger charge is -2.45. The fourth-order valence-corrected chi connectivity index (χ4v) is 47.3. The highest BCUT2D eigenvalue weighted by molar-refractivity contribution is 7.38. The predicted molar refractivity (Wildman–Crippen MR) is 173 cm³/mol. The minimum atomic E-state index is -2.70. The summed E-state index contributed by atoms with van der Waals surface area (Å²) in [4.78, 5) is 10.2. The van der Waals surface area contributed by atoms with Gasteiger partial charge in [0.2, 0.25) is 0 Å². The smallest absolute Gasteiger partial charge is 0.320 e. The third-order valence-corrected chi connectivity index (χ3v) is 48.3. The van der Waals surface area contributed by atoms with E-state index in [0.29, 0.717) is 0 Å². The monoisotopic (exact) mass is 666 g/mol. The topological polar surface area (TPSA) is 84.8 Å². The van der Waals surface area contributed by atoms with Crippen molar-refractivity contribution in [2.45, 2.75) is 124 Å². The van der Waals surface area contributed by atoms with Crippen LogP contribution in [0.3, 0.4) is 0 Å². The van der Waals surface area contributed by atoms with E-state index in [2.05, 4.69) is 72.0 Å². The van der Waals surface area contributed by atoms with Crippen LogP contribution in [0.1, 0.15) is 0 Å². The lowest BCUT2D eigenvalue weighted by molar-refractivity contribution is 0.260. The molecule has 0 aliphatic carbocycles. The molecule has 1 N–H and O–H groups in total. The van der Waals surface area contributed by atoms with E-state index in [1.807, 2.05) is 39.3 Å². The van der Waals surface area contributed by atoms with Gasteiger partial charge in [0.25, 0.3) is 0 Å². The Hall–Kier alpha value is 1.63. The highest BCUT2D eigenvalue weighted by Gasteiger charge is 2.50. The third kappa shape index (κ3) is 15.4. The summed E-state index contributed by atoms with van der Waals surface area (Å²) in [5.74, 6) is 0. The van der Waals surface area contributed by atoms with E-state index in [-0.39, 0.29) is 0 Å². The van der Waals surface area contributed by atoms with Crippen LogP contribution in [0.2, 0.25) is 124 Å². The van der Waals surface area contributed by atoms with Crippen LogP contribution in [0, 0.1) is 0 Å². The van der Waals surface area contributed by atoms with Crippen LogP contribution in [-0.4, -0.2) is 80.1 Å². The molecule has 0 amide bonds. The first kappa shape index (κ1) is 37.6. The van der Waals surface area contributed by atoms with Crippen molar-refractivity contribution in [2.75, 3.05) is 0 Å². The van der Waals surface area contributed by atoms with Gasteiger partial charge in [0.05, 0.1) is 7.59 Å². The van der Waals surface area contributed by atoms with Crippen LogP contribution < -0.4 is 0 Å². The van der Waals surface area contributed by atoms with Gasteiger partial charge in [-0.2, -0.15) is 0 Å². The van der Waals surface area contributed by atoms with Crippen molar-refractivity contribution < 1.29 is 33.6 Å². The van der Waals surface area contributed by atoms with Crippen LogP contribution in [0.5, 0.6) is 0 Å². The third-order valence-electron chi connectivity index (χ3n) is 5.26. The van der Waals surface area contributed by atoms with Crippen molar-refractivity contribution >= 4 is 75.4 Å². The summed E-state index contributed by atoms with van der Waals surface area (Å²) in [5.41, 5.74) is 0. The van der Waals surface area contributed by atoms with Gasteiger partial charge in [-0.25, -0.2) is 0 Å². The molecule has 36 heavy (non-hydrogen) atoms. The van der Waals surface area contributed by atoms with Crippen LogP contribution in [0.25, 0.3) is 0 Å². The Labute approximate surface area is 232 Å². The normalized spacial score (nSPS) is 16.0. The van der Waals surface area contributed by atoms with Crippen LogP contribution in [-0.2, 0) is 28.8 Å². The molecule has 0 fully saturated rings. The molecule has 0 radical (unpaired) electrons. The molecule has 17 heteroatoms. The summed E-state index contributed by atoms with van der Waals surface area (Å²) in [5, 5.41) is 0. The average Bonchev–Trinajstić information content (AvgIpc) is 2.32. The van der Waals surface area contributed by atoms with Crippen molar-refractivity contribution in [1.29, 1.82) is 0 Å². The number of hydrogen-bond donors (Lipinski definition) is 1. The van der Waals surface area contributed by atoms with Gasteiger partial charge >= 0.3 is 59.9 Å². The SMILES string of the molecule is C[Si](C)(O)O[Si](C)(C)O[Si](C)(C)O[Si](C)(C)O[Si](C)(C)O[Si](C)(C)O[Si](C)(C)O[Si](C)(C)[Si](C)(C)C. The van der Waals surface area contributed by atoms with Gasteiger partial charge in [0.15, 0.2) is 7.83 Å². The molecule has 0 aromatic heterocycles. The van der Waals surface area contributed by atoms with Crippen molar-refractivity contribution in [2.24, 2.45) is 0 Å². The van der Waals surface area contributed by atoms with Crippen LogP contribution in [0.4, 0.5) is 0 Å². The van der Waals surface area contributed by atoms with Crippen molar-refractivity contribution in [3.05, 3.63) is 0 Å². The first-order valence-corrected chi connectivity index (χ1v) is 40.0. The van der Waals surface area contributed by atoms with E-state index in [0.717, 1.165) is 0 Å². The van der Waals surface area contributed by atoms with E-state index < -0.39 is 75.4 Å². The maximum absolute atomic E-state index is 10.2. The molecule has 8 nitrogen and oxygen atoms in total. The van der Waals surface area contributed by atoms with Gasteiger partial charge in [-0.3, -0.25) is 0 Å². The molecule has 0 aromatic carbocycles. The summed E-state index contributed by atoms with van der Waals surface area (Å²) in [7, 11) is -21.2. The lowest BCUT2D eigenvalue weighted by Crippen LogP contribution is -2.64. The number of hydrogen-bond acceptors (Lipinski definition) is 8. The summed E-state index contributed by atoms with van der Waals surface area (Å²) in [6, 6.07) is 0. The highest BCUT2D eigenvalue weighted by atomic mass is 29.3. The first-order valence-electron chi connectivity index (χ1n) is 12.8. The fraction of sp³-hybridized carbons (Fsp3) is 1.00. The molecular formula is C19H58O8Si9. The predicted octanol–water partition coefficient (Wildman–Crippen LogP) is 6.63. The fourth-order valence-electron chi connectivity index (χ4n) is 4.45. The maximum atomic E-state index is 10.2. The Kier molecular flexibility index (Phi) is 12.4. The zero-order valence-electron chi connectivity index (χ0n) is 26.8. The Morgan fingerprint density at radius 3 is 0.694 bits per heavy atom. The quantitative estimate of drug-likeness (QED) is 0.195. The molecule has 218 valence electrons. The summed E-state index contributed by atoms with van der Waals surface area (Å²) in [6.07, 6.45) is 0. The second-order valence-corrected chi connectivity index (χ2v) is 55.4. The molecule has 0 bridgehead atoms. The minimum Gasteiger partial charge on any atom is -0.439 e. The van der Waals surface area contributed by atoms with E-state index in [1.165, 1.54) is 0 Å². The van der Waals surface area contributed by atoms with E-state index in [9.17, 15) is 4.80 Å². The maximum Gasteiger partial charge on any atom is 0.320 e. The van der Waals surface area contributed by atoms with Gasteiger partial charge in [-0.05, 0) is 105 Å². The highest BCUT2D eigenvalue weighted by Crippen LogP contribution is 2.30. The van der Waals surface area contributed by atoms with Crippen molar-refractivity contribution in [1.82, 2.24) is 0 Å². The molecule has 0 spiro atoms. The summed E-state index contributed by atoms with van der Waals surface area (Å²) in [6.45, 7) is 40.0. The zero-order valence-corrected chi connectivity index (χ0v) is 35.8. The zero-order chi connectivity index (χ0) is 29.4. The second-order valence-electron chi connectivity index (χ2n) is 14.3. The number of rotatable bonds is 15. The van der Waals surface area contributed by atoms with E-state index in [4.69, 9.17) is 28.8 Å². The second kappa shape index (κ2) is 11.9. The van der Waals surface area contributed by atoms with Gasteiger partial charge in [-0.15, -0.1) is 0 Å². The summed E-state index contributed by atoms with van der Waals surface area (Å²) >= 11 is 0. The molecule has 0 unspecified atom stereocenters. The Bertz CT molecular complexity index is 729. The van der Waals surface area contributed by atoms with Crippen LogP contribution in [0.15, 0.2) is 0 Å². The molecular weight excluding hydrogens is 609 g/mol. The van der Waals surface area contributed by atoms with Crippen molar-refractivity contribution in [3.63, 3.8) is 0 Å². The van der Waals surface area contributed by atoms with Gasteiger partial charge < -0.3 is 33.6 Å². The van der Waals surface area contributed by atoms with Gasteiger partial charge in [0, 0.05) is 0 Å². The molecule has 0 saturated heterocycles. The molecule has 0 rings (SSSR count). The molecule has 0 aliphatic rings. The Morgan fingerprint density at radius 2 is 0.500 bits per heavy atom. The lowest BCUT2D eigenvalue weighted by atomic mass is 11.8. The van der Waals surface area contributed by atoms with Crippen LogP contribution >= 0.6 is 0 Å². The molecule has 0 aromatic rings. The van der Waals surface area contributed by atoms with Gasteiger partial charge in [-0.1, -0.05) is 19.6 Å². The average molecular weight is 667 g/mol. The molecule has 0 atom stereocenters. The molecule has 0 aliphatic heterocycles. The van der Waals surface area contributed by atoms with E-state index in [1.54, 1.807) is 13.1 Å². The standard InChI is InChI=1S/C19H58O8Si9/c1-28(2,3)36(18,19)27-35(16,17)26-34(14,15)25-33(12,13)24-32(10,11)23-31(8,9)22-30(6,7)21-29(4,5)20/h20H,1-19H3. The Morgan fingerprint density at radius 1 is 0.306 bits per heavy atom. The van der Waals surface area contributed by atoms with Gasteiger partial charge in [0.1, 0.15) is 0 Å². The largest absolute Gasteiger partial charge is 0.439 e. The van der Waals surface area contributed by atoms with Crippen molar-refractivity contribution in [3.8, 4) is 0 Å². The minimum absolute atomic E-state index is 1.41. The Balaban J connectivity index is 5.39. The molecule has 0 heterocycles. The van der Waals surface area contributed by atoms with E-state index >= 15 is 0 Å². The molecule has 0 saturated carbocycles. The summed E-state index contributed by atoms with van der Waals surface area (Å²) < 4.78 is 45.7. The first-order chi connectivity index (χ1) is 15.2.